The van der Waals surface area contributed by atoms with Gasteiger partial charge in [0, 0.05) is 44.3 Å². The normalized spacial score (nSPS) is 17.5. The zero-order valence-corrected chi connectivity index (χ0v) is 18.6. The molecular formula is C26H24FN3O3. The number of aryl methyl sites for hydroxylation is 1. The monoisotopic (exact) mass is 445 g/mol. The summed E-state index contributed by atoms with van der Waals surface area (Å²) in [7, 11) is 3.83. The van der Waals surface area contributed by atoms with Crippen LogP contribution >= 0.6 is 0 Å². The van der Waals surface area contributed by atoms with E-state index < -0.39 is 29.3 Å². The van der Waals surface area contributed by atoms with Crippen molar-refractivity contribution in [2.24, 2.45) is 0 Å². The number of hydrogen-bond acceptors (Lipinski definition) is 5. The average Bonchev–Trinajstić information content (AvgIpc) is 3.06. The first-order valence-corrected chi connectivity index (χ1v) is 10.5. The Morgan fingerprint density at radius 3 is 2.33 bits per heavy atom. The highest BCUT2D eigenvalue weighted by molar-refractivity contribution is 6.46. The van der Waals surface area contributed by atoms with Crippen LogP contribution < -0.4 is 4.90 Å². The number of aromatic nitrogens is 1. The van der Waals surface area contributed by atoms with Crippen molar-refractivity contribution in [3.8, 4) is 0 Å². The minimum atomic E-state index is -0.821. The summed E-state index contributed by atoms with van der Waals surface area (Å²) in [5, 5.41) is 11.1. The lowest BCUT2D eigenvalue weighted by molar-refractivity contribution is -0.140. The highest BCUT2D eigenvalue weighted by Gasteiger charge is 2.46. The Balaban J connectivity index is 1.86. The molecule has 0 radical (unpaired) electrons. The number of hydrogen-bond donors (Lipinski definition) is 1. The van der Waals surface area contributed by atoms with Gasteiger partial charge in [0.05, 0.1) is 11.6 Å². The van der Waals surface area contributed by atoms with Gasteiger partial charge in [-0.2, -0.15) is 0 Å². The van der Waals surface area contributed by atoms with Gasteiger partial charge in [0.25, 0.3) is 11.7 Å². The van der Waals surface area contributed by atoms with Crippen molar-refractivity contribution >= 4 is 23.1 Å². The average molecular weight is 445 g/mol. The van der Waals surface area contributed by atoms with Crippen LogP contribution in [0.25, 0.3) is 5.76 Å². The third-order valence-electron chi connectivity index (χ3n) is 5.81. The summed E-state index contributed by atoms with van der Waals surface area (Å²) in [4.78, 5) is 33.5. The van der Waals surface area contributed by atoms with Gasteiger partial charge in [0.15, 0.2) is 0 Å². The lowest BCUT2D eigenvalue weighted by Crippen LogP contribution is -2.29. The summed E-state index contributed by atoms with van der Waals surface area (Å²) < 4.78 is 14.2. The number of halogens is 1. The SMILES string of the molecule is Cc1ccc(C(O)=C2C(=O)C(=O)N(Cc3ccncc3)[C@@H]2c2ccc(N(C)C)cc2)cc1F. The number of rotatable bonds is 5. The summed E-state index contributed by atoms with van der Waals surface area (Å²) in [5.74, 6) is -2.42. The Morgan fingerprint density at radius 2 is 1.73 bits per heavy atom. The largest absolute Gasteiger partial charge is 0.507 e. The molecule has 1 saturated heterocycles. The van der Waals surface area contributed by atoms with E-state index in [1.54, 1.807) is 31.5 Å². The maximum atomic E-state index is 14.2. The number of amides is 1. The van der Waals surface area contributed by atoms with Crippen LogP contribution in [-0.4, -0.2) is 40.8 Å². The summed E-state index contributed by atoms with van der Waals surface area (Å²) in [6.07, 6.45) is 3.23. The number of likely N-dealkylation sites (tertiary alicyclic amines) is 1. The van der Waals surface area contributed by atoms with Gasteiger partial charge in [-0.25, -0.2) is 4.39 Å². The van der Waals surface area contributed by atoms with Crippen LogP contribution in [0.3, 0.4) is 0 Å². The summed E-state index contributed by atoms with van der Waals surface area (Å²) in [6.45, 7) is 1.77. The number of aliphatic hydroxyl groups excluding tert-OH is 1. The van der Waals surface area contributed by atoms with E-state index in [1.165, 1.54) is 23.1 Å². The van der Waals surface area contributed by atoms with Crippen molar-refractivity contribution in [1.82, 2.24) is 9.88 Å². The van der Waals surface area contributed by atoms with Crippen molar-refractivity contribution < 1.29 is 19.1 Å². The van der Waals surface area contributed by atoms with Crippen LogP contribution in [0.4, 0.5) is 10.1 Å². The molecule has 1 aromatic heterocycles. The van der Waals surface area contributed by atoms with E-state index >= 15 is 0 Å². The third kappa shape index (κ3) is 4.22. The van der Waals surface area contributed by atoms with Gasteiger partial charge in [-0.05, 0) is 53.9 Å². The first kappa shape index (κ1) is 22.2. The van der Waals surface area contributed by atoms with E-state index in [1.807, 2.05) is 43.3 Å². The minimum absolute atomic E-state index is 0.0603. The van der Waals surface area contributed by atoms with Crippen LogP contribution in [0.1, 0.15) is 28.3 Å². The number of nitrogens with zero attached hydrogens (tertiary/aromatic N) is 3. The quantitative estimate of drug-likeness (QED) is 0.362. The van der Waals surface area contributed by atoms with Gasteiger partial charge < -0.3 is 14.9 Å². The highest BCUT2D eigenvalue weighted by Crippen LogP contribution is 2.40. The molecule has 7 heteroatoms. The van der Waals surface area contributed by atoms with Crippen LogP contribution in [0, 0.1) is 12.7 Å². The molecule has 0 spiro atoms. The lowest BCUT2D eigenvalue weighted by atomic mass is 9.94. The van der Waals surface area contributed by atoms with E-state index in [-0.39, 0.29) is 17.7 Å². The molecule has 1 aliphatic rings. The maximum Gasteiger partial charge on any atom is 0.295 e. The highest BCUT2D eigenvalue weighted by atomic mass is 19.1. The molecule has 0 bridgehead atoms. The van der Waals surface area contributed by atoms with Crippen LogP contribution in [0.15, 0.2) is 72.6 Å². The summed E-state index contributed by atoms with van der Waals surface area (Å²) in [5.41, 5.74) is 2.92. The van der Waals surface area contributed by atoms with Gasteiger partial charge in [0.1, 0.15) is 11.6 Å². The molecule has 1 fully saturated rings. The number of anilines is 1. The van der Waals surface area contributed by atoms with Crippen molar-refractivity contribution in [2.45, 2.75) is 19.5 Å². The Bertz CT molecular complexity index is 1240. The topological polar surface area (TPSA) is 73.7 Å². The molecule has 0 unspecified atom stereocenters. The number of carbonyl (C=O) groups excluding carboxylic acids is 2. The summed E-state index contributed by atoms with van der Waals surface area (Å²) in [6, 6.07) is 14.4. The predicted octanol–water partition coefficient (Wildman–Crippen LogP) is 4.22. The second-order valence-electron chi connectivity index (χ2n) is 8.23. The van der Waals surface area contributed by atoms with Crippen molar-refractivity contribution in [1.29, 1.82) is 0 Å². The number of aliphatic hydroxyl groups is 1. The van der Waals surface area contributed by atoms with Gasteiger partial charge >= 0.3 is 0 Å². The van der Waals surface area contributed by atoms with Crippen molar-refractivity contribution in [2.75, 3.05) is 19.0 Å². The molecule has 4 rings (SSSR count). The van der Waals surface area contributed by atoms with Gasteiger partial charge in [0.2, 0.25) is 0 Å². The van der Waals surface area contributed by atoms with Crippen molar-refractivity contribution in [3.05, 3.63) is 101 Å². The number of benzene rings is 2. The van der Waals surface area contributed by atoms with Gasteiger partial charge in [-0.1, -0.05) is 24.3 Å². The zero-order chi connectivity index (χ0) is 23.7. The fraction of sp³-hybridized carbons (Fsp3) is 0.192. The van der Waals surface area contributed by atoms with E-state index in [2.05, 4.69) is 4.98 Å². The number of pyridine rings is 1. The number of Topliss-reactive ketones (excluding diaryl/α,β-unsaturated/α-hetero) is 1. The third-order valence-corrected chi connectivity index (χ3v) is 5.81. The molecule has 0 aliphatic carbocycles. The van der Waals surface area contributed by atoms with E-state index in [0.29, 0.717) is 11.1 Å². The molecule has 1 amide bonds. The predicted molar refractivity (Wildman–Crippen MR) is 124 cm³/mol. The lowest BCUT2D eigenvalue weighted by Gasteiger charge is -2.26. The maximum absolute atomic E-state index is 14.2. The van der Waals surface area contributed by atoms with Crippen LogP contribution in [0.5, 0.6) is 0 Å². The van der Waals surface area contributed by atoms with Crippen LogP contribution in [-0.2, 0) is 16.1 Å². The molecular weight excluding hydrogens is 421 g/mol. The molecule has 0 saturated carbocycles. The molecule has 1 N–H and O–H groups in total. The van der Waals surface area contributed by atoms with Crippen LogP contribution in [0.2, 0.25) is 0 Å². The standard InChI is InChI=1S/C26H24FN3O3/c1-16-4-5-19(14-21(16)27)24(31)22-23(18-6-8-20(9-7-18)29(2)3)30(26(33)25(22)32)15-17-10-12-28-13-11-17/h4-14,23,31H,15H2,1-3H3/t23-/m1/s1. The first-order chi connectivity index (χ1) is 15.8. The summed E-state index contributed by atoms with van der Waals surface area (Å²) >= 11 is 0. The van der Waals surface area contributed by atoms with E-state index in [0.717, 1.165) is 11.3 Å². The van der Waals surface area contributed by atoms with Crippen molar-refractivity contribution in [3.63, 3.8) is 0 Å². The number of carbonyl (C=O) groups is 2. The smallest absolute Gasteiger partial charge is 0.295 e. The van der Waals surface area contributed by atoms with Gasteiger partial charge in [-0.15, -0.1) is 0 Å². The molecule has 1 aliphatic heterocycles. The minimum Gasteiger partial charge on any atom is -0.507 e. The first-order valence-electron chi connectivity index (χ1n) is 10.5. The molecule has 3 aromatic rings. The number of ketones is 1. The Labute approximate surface area is 191 Å². The van der Waals surface area contributed by atoms with E-state index in [4.69, 9.17) is 0 Å². The molecule has 1 atom stereocenters. The molecule has 2 aromatic carbocycles. The fourth-order valence-corrected chi connectivity index (χ4v) is 3.92. The Hall–Kier alpha value is -4.00. The van der Waals surface area contributed by atoms with E-state index in [9.17, 15) is 19.1 Å². The molecule has 168 valence electrons. The Kier molecular flexibility index (Phi) is 5.96. The Morgan fingerprint density at radius 1 is 1.06 bits per heavy atom. The molecule has 33 heavy (non-hydrogen) atoms. The second kappa shape index (κ2) is 8.86. The van der Waals surface area contributed by atoms with Gasteiger partial charge in [-0.3, -0.25) is 14.6 Å². The fourth-order valence-electron chi connectivity index (χ4n) is 3.92. The molecule has 6 nitrogen and oxygen atoms in total. The second-order valence-corrected chi connectivity index (χ2v) is 8.23. The zero-order valence-electron chi connectivity index (χ0n) is 18.6. The molecule has 2 heterocycles.